The molecule has 8 heteroatoms. The number of benzene rings is 3. The average Bonchev–Trinajstić information content (AvgIpc) is 3.29. The summed E-state index contributed by atoms with van der Waals surface area (Å²) in [5, 5.41) is 13.9. The third kappa shape index (κ3) is 4.62. The zero-order chi connectivity index (χ0) is 20.1. The third-order valence-corrected chi connectivity index (χ3v) is 4.12. The molecule has 4 rings (SSSR count). The Kier molecular flexibility index (Phi) is 5.24. The number of aromatic nitrogens is 4. The van der Waals surface area contributed by atoms with Gasteiger partial charge in [0.1, 0.15) is 23.6 Å². The predicted molar refractivity (Wildman–Crippen MR) is 103 cm³/mol. The summed E-state index contributed by atoms with van der Waals surface area (Å²) in [5.74, 6) is 0.596. The van der Waals surface area contributed by atoms with E-state index in [1.165, 1.54) is 23.1 Å². The van der Waals surface area contributed by atoms with Gasteiger partial charge in [0.15, 0.2) is 0 Å². The van der Waals surface area contributed by atoms with E-state index in [1.807, 2.05) is 24.3 Å². The van der Waals surface area contributed by atoms with Crippen molar-refractivity contribution in [3.8, 4) is 17.2 Å². The van der Waals surface area contributed by atoms with Crippen LogP contribution in [0, 0.1) is 5.82 Å². The summed E-state index contributed by atoms with van der Waals surface area (Å²) in [6, 6.07) is 20.1. The van der Waals surface area contributed by atoms with Gasteiger partial charge in [-0.1, -0.05) is 18.2 Å². The molecular formula is C21H16FN5O2. The first-order valence-corrected chi connectivity index (χ1v) is 8.81. The Morgan fingerprint density at radius 2 is 1.83 bits per heavy atom. The monoisotopic (exact) mass is 389 g/mol. The van der Waals surface area contributed by atoms with E-state index in [-0.39, 0.29) is 11.7 Å². The van der Waals surface area contributed by atoms with Gasteiger partial charge in [-0.15, -0.1) is 5.10 Å². The van der Waals surface area contributed by atoms with Gasteiger partial charge in [-0.25, -0.2) is 9.07 Å². The summed E-state index contributed by atoms with van der Waals surface area (Å²) < 4.78 is 20.2. The van der Waals surface area contributed by atoms with Crippen LogP contribution in [-0.2, 0) is 6.54 Å². The van der Waals surface area contributed by atoms with Crippen LogP contribution in [0.15, 0.2) is 79.1 Å². The molecule has 0 bridgehead atoms. The van der Waals surface area contributed by atoms with Crippen molar-refractivity contribution in [2.45, 2.75) is 6.54 Å². The minimum Gasteiger partial charge on any atom is -0.457 e. The molecule has 0 atom stereocenters. The van der Waals surface area contributed by atoms with Crippen molar-refractivity contribution in [1.82, 2.24) is 25.5 Å². The molecule has 1 heterocycles. The van der Waals surface area contributed by atoms with Gasteiger partial charge < -0.3 is 10.1 Å². The number of nitrogens with one attached hydrogen (secondary N) is 1. The molecule has 0 aliphatic heterocycles. The summed E-state index contributed by atoms with van der Waals surface area (Å²) in [7, 11) is 0. The Morgan fingerprint density at radius 1 is 1.00 bits per heavy atom. The van der Waals surface area contributed by atoms with Crippen molar-refractivity contribution in [2.24, 2.45) is 0 Å². The number of carbonyl (C=O) groups is 1. The van der Waals surface area contributed by atoms with E-state index in [0.29, 0.717) is 29.3 Å². The van der Waals surface area contributed by atoms with Crippen LogP contribution in [0.1, 0.15) is 15.9 Å². The first-order chi connectivity index (χ1) is 14.2. The first-order valence-electron chi connectivity index (χ1n) is 8.81. The van der Waals surface area contributed by atoms with Gasteiger partial charge in [0, 0.05) is 12.1 Å². The summed E-state index contributed by atoms with van der Waals surface area (Å²) in [6.07, 6.45) is 1.46. The Bertz CT molecular complexity index is 1110. The van der Waals surface area contributed by atoms with E-state index in [9.17, 15) is 9.18 Å². The third-order valence-electron chi connectivity index (χ3n) is 4.12. The van der Waals surface area contributed by atoms with E-state index in [4.69, 9.17) is 4.74 Å². The molecule has 1 N–H and O–H groups in total. The predicted octanol–water partition coefficient (Wildman–Crippen LogP) is 3.52. The highest BCUT2D eigenvalue weighted by atomic mass is 19.1. The van der Waals surface area contributed by atoms with E-state index < -0.39 is 0 Å². The molecule has 0 fully saturated rings. The number of halogens is 1. The highest BCUT2D eigenvalue weighted by Crippen LogP contribution is 2.22. The average molecular weight is 389 g/mol. The van der Waals surface area contributed by atoms with Gasteiger partial charge in [0.25, 0.3) is 5.91 Å². The quantitative estimate of drug-likeness (QED) is 0.546. The second-order valence-electron chi connectivity index (χ2n) is 6.19. The van der Waals surface area contributed by atoms with E-state index in [1.54, 1.807) is 36.4 Å². The second kappa shape index (κ2) is 8.30. The van der Waals surface area contributed by atoms with E-state index in [0.717, 1.165) is 5.56 Å². The van der Waals surface area contributed by atoms with Crippen LogP contribution < -0.4 is 10.1 Å². The molecule has 1 aromatic heterocycles. The van der Waals surface area contributed by atoms with E-state index in [2.05, 4.69) is 20.8 Å². The smallest absolute Gasteiger partial charge is 0.251 e. The van der Waals surface area contributed by atoms with Gasteiger partial charge in [0.05, 0.1) is 5.69 Å². The number of tetrazole rings is 1. The zero-order valence-corrected chi connectivity index (χ0v) is 15.2. The fourth-order valence-corrected chi connectivity index (χ4v) is 2.71. The molecule has 0 aliphatic rings. The Balaban J connectivity index is 1.41. The molecule has 0 aliphatic carbocycles. The number of rotatable bonds is 6. The molecule has 29 heavy (non-hydrogen) atoms. The molecule has 0 unspecified atom stereocenters. The van der Waals surface area contributed by atoms with Gasteiger partial charge in [-0.05, 0) is 70.6 Å². The fourth-order valence-electron chi connectivity index (χ4n) is 2.71. The van der Waals surface area contributed by atoms with Crippen molar-refractivity contribution in [3.05, 3.63) is 96.1 Å². The maximum absolute atomic E-state index is 13.0. The highest BCUT2D eigenvalue weighted by Gasteiger charge is 2.08. The van der Waals surface area contributed by atoms with Crippen LogP contribution in [0.25, 0.3) is 5.69 Å². The molecule has 4 aromatic rings. The number of nitrogens with zero attached hydrogens (tertiary/aromatic N) is 4. The molecule has 3 aromatic carbocycles. The second-order valence-corrected chi connectivity index (χ2v) is 6.19. The highest BCUT2D eigenvalue weighted by molar-refractivity contribution is 5.94. The maximum atomic E-state index is 13.0. The molecule has 0 spiro atoms. The van der Waals surface area contributed by atoms with Gasteiger partial charge in [-0.2, -0.15) is 0 Å². The number of hydrogen-bond donors (Lipinski definition) is 1. The molecule has 0 saturated heterocycles. The number of ether oxygens (including phenoxy) is 1. The lowest BCUT2D eigenvalue weighted by Crippen LogP contribution is -2.22. The van der Waals surface area contributed by atoms with Gasteiger partial charge in [0.2, 0.25) is 0 Å². The summed E-state index contributed by atoms with van der Waals surface area (Å²) in [6.45, 7) is 0.328. The topological polar surface area (TPSA) is 81.9 Å². The number of carbonyl (C=O) groups excluding carboxylic acids is 1. The fraction of sp³-hybridized carbons (Fsp3) is 0.0476. The molecular weight excluding hydrogens is 373 g/mol. The van der Waals surface area contributed by atoms with Crippen LogP contribution in [-0.4, -0.2) is 26.1 Å². The SMILES string of the molecule is O=C(NCc1cccc(Oc2ccc(F)cc2)c1)c1cccc(-n2cnnn2)c1. The summed E-state index contributed by atoms with van der Waals surface area (Å²) in [4.78, 5) is 12.5. The zero-order valence-electron chi connectivity index (χ0n) is 15.2. The first kappa shape index (κ1) is 18.3. The standard InChI is InChI=1S/C21H16FN5O2/c22-17-7-9-19(10-8-17)29-20-6-1-3-15(11-20)13-23-21(28)16-4-2-5-18(12-16)27-14-24-25-26-27/h1-12,14H,13H2,(H,23,28). The van der Waals surface area contributed by atoms with Gasteiger partial charge in [-0.3, -0.25) is 4.79 Å². The van der Waals surface area contributed by atoms with Crippen LogP contribution >= 0.6 is 0 Å². The van der Waals surface area contributed by atoms with Crippen molar-refractivity contribution in [1.29, 1.82) is 0 Å². The molecule has 1 amide bonds. The van der Waals surface area contributed by atoms with Crippen molar-refractivity contribution >= 4 is 5.91 Å². The number of amides is 1. The van der Waals surface area contributed by atoms with Crippen LogP contribution in [0.3, 0.4) is 0 Å². The Morgan fingerprint density at radius 3 is 2.62 bits per heavy atom. The van der Waals surface area contributed by atoms with Crippen molar-refractivity contribution in [2.75, 3.05) is 0 Å². The molecule has 7 nitrogen and oxygen atoms in total. The lowest BCUT2D eigenvalue weighted by molar-refractivity contribution is 0.0951. The minimum atomic E-state index is -0.321. The lowest BCUT2D eigenvalue weighted by Gasteiger charge is -2.09. The molecule has 144 valence electrons. The largest absolute Gasteiger partial charge is 0.457 e. The van der Waals surface area contributed by atoms with Crippen LogP contribution in [0.4, 0.5) is 4.39 Å². The van der Waals surface area contributed by atoms with Crippen molar-refractivity contribution in [3.63, 3.8) is 0 Å². The van der Waals surface area contributed by atoms with Gasteiger partial charge >= 0.3 is 0 Å². The normalized spacial score (nSPS) is 10.5. The maximum Gasteiger partial charge on any atom is 0.251 e. The Hall–Kier alpha value is -4.07. The molecule has 0 saturated carbocycles. The molecule has 0 radical (unpaired) electrons. The minimum absolute atomic E-state index is 0.218. The summed E-state index contributed by atoms with van der Waals surface area (Å²) >= 11 is 0. The van der Waals surface area contributed by atoms with Crippen LogP contribution in [0.5, 0.6) is 11.5 Å². The van der Waals surface area contributed by atoms with Crippen LogP contribution in [0.2, 0.25) is 0 Å². The summed E-state index contributed by atoms with van der Waals surface area (Å²) in [5.41, 5.74) is 2.06. The van der Waals surface area contributed by atoms with Crippen molar-refractivity contribution < 1.29 is 13.9 Å². The number of hydrogen-bond acceptors (Lipinski definition) is 5. The van der Waals surface area contributed by atoms with E-state index >= 15 is 0 Å². The lowest BCUT2D eigenvalue weighted by atomic mass is 10.1. The Labute approximate surface area is 165 Å².